The van der Waals surface area contributed by atoms with E-state index in [4.69, 9.17) is 0 Å². The molecule has 0 radical (unpaired) electrons. The van der Waals surface area contributed by atoms with Crippen molar-refractivity contribution in [3.8, 4) is 0 Å². The van der Waals surface area contributed by atoms with Crippen molar-refractivity contribution in [2.75, 3.05) is 25.0 Å². The van der Waals surface area contributed by atoms with E-state index >= 15 is 0 Å². The Bertz CT molecular complexity index is 640. The average Bonchev–Trinajstić information content (AvgIpc) is 2.51. The SMILES string of the molecule is Cc1nc(N2CCCC(N(C)C(=O)C(C)(C)C)C2)cc(C(F)(F)F)n1. The lowest BCUT2D eigenvalue weighted by atomic mass is 9.93. The van der Waals surface area contributed by atoms with Gasteiger partial charge in [-0.25, -0.2) is 9.97 Å². The molecule has 2 rings (SSSR count). The van der Waals surface area contributed by atoms with Crippen LogP contribution in [0.25, 0.3) is 0 Å². The van der Waals surface area contributed by atoms with E-state index in [0.717, 1.165) is 18.9 Å². The van der Waals surface area contributed by atoms with Gasteiger partial charge in [-0.2, -0.15) is 13.2 Å². The maximum Gasteiger partial charge on any atom is 0.433 e. The highest BCUT2D eigenvalue weighted by Gasteiger charge is 2.35. The second kappa shape index (κ2) is 6.80. The van der Waals surface area contributed by atoms with Crippen molar-refractivity contribution >= 4 is 11.7 Å². The molecule has 1 atom stereocenters. The molecular formula is C17H25F3N4O. The maximum absolute atomic E-state index is 13.0. The average molecular weight is 358 g/mol. The van der Waals surface area contributed by atoms with Crippen molar-refractivity contribution in [2.24, 2.45) is 5.41 Å². The minimum absolute atomic E-state index is 0.0224. The minimum atomic E-state index is -4.50. The van der Waals surface area contributed by atoms with Crippen molar-refractivity contribution in [1.29, 1.82) is 0 Å². The summed E-state index contributed by atoms with van der Waals surface area (Å²) in [6, 6.07) is 0.936. The predicted octanol–water partition coefficient (Wildman–Crippen LogP) is 3.28. The van der Waals surface area contributed by atoms with Crippen LogP contribution in [0.3, 0.4) is 0 Å². The number of anilines is 1. The Hall–Kier alpha value is -1.86. The maximum atomic E-state index is 13.0. The van der Waals surface area contributed by atoms with Crippen molar-refractivity contribution in [3.05, 3.63) is 17.6 Å². The van der Waals surface area contributed by atoms with Gasteiger partial charge in [0, 0.05) is 37.7 Å². The lowest BCUT2D eigenvalue weighted by Gasteiger charge is -2.40. The first kappa shape index (κ1) is 19.5. The van der Waals surface area contributed by atoms with Gasteiger partial charge in [0.1, 0.15) is 17.3 Å². The van der Waals surface area contributed by atoms with Crippen LogP contribution in [0.15, 0.2) is 6.07 Å². The van der Waals surface area contributed by atoms with Crippen molar-refractivity contribution in [1.82, 2.24) is 14.9 Å². The van der Waals surface area contributed by atoms with Gasteiger partial charge in [0.15, 0.2) is 0 Å². The first-order chi connectivity index (χ1) is 11.4. The second-order valence-electron chi connectivity index (χ2n) is 7.56. The largest absolute Gasteiger partial charge is 0.433 e. The summed E-state index contributed by atoms with van der Waals surface area (Å²) in [4.78, 5) is 23.7. The van der Waals surface area contributed by atoms with Gasteiger partial charge in [-0.3, -0.25) is 4.79 Å². The van der Waals surface area contributed by atoms with Crippen LogP contribution in [0.5, 0.6) is 0 Å². The number of carbonyl (C=O) groups excluding carboxylic acids is 1. The highest BCUT2D eigenvalue weighted by atomic mass is 19.4. The van der Waals surface area contributed by atoms with E-state index in [2.05, 4.69) is 9.97 Å². The van der Waals surface area contributed by atoms with Crippen LogP contribution in [0.4, 0.5) is 19.0 Å². The summed E-state index contributed by atoms with van der Waals surface area (Å²) in [6.45, 7) is 8.10. The highest BCUT2D eigenvalue weighted by molar-refractivity contribution is 5.81. The highest BCUT2D eigenvalue weighted by Crippen LogP contribution is 2.31. The summed E-state index contributed by atoms with van der Waals surface area (Å²) in [7, 11) is 1.76. The number of piperidine rings is 1. The molecule has 1 amide bonds. The van der Waals surface area contributed by atoms with Gasteiger partial charge in [0.2, 0.25) is 5.91 Å². The smallest absolute Gasteiger partial charge is 0.354 e. The number of rotatable bonds is 2. The van der Waals surface area contributed by atoms with E-state index in [0.29, 0.717) is 13.1 Å². The Kier molecular flexibility index (Phi) is 5.30. The van der Waals surface area contributed by atoms with E-state index in [1.54, 1.807) is 11.9 Å². The topological polar surface area (TPSA) is 49.3 Å². The zero-order valence-electron chi connectivity index (χ0n) is 15.3. The van der Waals surface area contributed by atoms with E-state index in [1.165, 1.54) is 6.92 Å². The fourth-order valence-electron chi connectivity index (χ4n) is 3.03. The molecule has 0 aromatic carbocycles. The van der Waals surface area contributed by atoms with Gasteiger partial charge in [-0.05, 0) is 19.8 Å². The van der Waals surface area contributed by atoms with E-state index < -0.39 is 17.3 Å². The Morgan fingerprint density at radius 3 is 2.48 bits per heavy atom. The van der Waals surface area contributed by atoms with Crippen molar-refractivity contribution < 1.29 is 18.0 Å². The van der Waals surface area contributed by atoms with Crippen LogP contribution in [0.2, 0.25) is 0 Å². The lowest BCUT2D eigenvalue weighted by molar-refractivity contribution is -0.141. The molecule has 2 heterocycles. The number of aryl methyl sites for hydroxylation is 1. The minimum Gasteiger partial charge on any atom is -0.354 e. The summed E-state index contributed by atoms with van der Waals surface area (Å²) < 4.78 is 39.0. The molecule has 1 aromatic rings. The number of halogens is 3. The molecule has 0 aliphatic carbocycles. The summed E-state index contributed by atoms with van der Waals surface area (Å²) in [6.07, 6.45) is -2.89. The van der Waals surface area contributed by atoms with Gasteiger partial charge in [-0.15, -0.1) is 0 Å². The summed E-state index contributed by atoms with van der Waals surface area (Å²) in [5, 5.41) is 0. The van der Waals surface area contributed by atoms with Crippen LogP contribution in [-0.4, -0.2) is 47.0 Å². The zero-order chi connectivity index (χ0) is 19.0. The Morgan fingerprint density at radius 2 is 1.92 bits per heavy atom. The number of nitrogens with zero attached hydrogens (tertiary/aromatic N) is 4. The standard InChI is InChI=1S/C17H25F3N4O/c1-11-21-13(17(18,19)20)9-14(22-11)24-8-6-7-12(10-24)23(5)15(25)16(2,3)4/h9,12H,6-8,10H2,1-5H3. The molecule has 8 heteroatoms. The molecule has 1 saturated heterocycles. The quantitative estimate of drug-likeness (QED) is 0.814. The monoisotopic (exact) mass is 358 g/mol. The first-order valence-electron chi connectivity index (χ1n) is 8.34. The van der Waals surface area contributed by atoms with Crippen LogP contribution in [0.1, 0.15) is 45.1 Å². The van der Waals surface area contributed by atoms with Crippen molar-refractivity contribution in [2.45, 2.75) is 52.8 Å². The number of carbonyl (C=O) groups is 1. The van der Waals surface area contributed by atoms with Crippen LogP contribution in [-0.2, 0) is 11.0 Å². The molecule has 1 aliphatic rings. The Morgan fingerprint density at radius 1 is 1.28 bits per heavy atom. The second-order valence-corrected chi connectivity index (χ2v) is 7.56. The van der Waals surface area contributed by atoms with E-state index in [-0.39, 0.29) is 23.6 Å². The van der Waals surface area contributed by atoms with Gasteiger partial charge in [0.05, 0.1) is 0 Å². The molecule has 1 fully saturated rings. The van der Waals surface area contributed by atoms with Gasteiger partial charge >= 0.3 is 6.18 Å². The number of amides is 1. The fraction of sp³-hybridized carbons (Fsp3) is 0.706. The lowest BCUT2D eigenvalue weighted by Crippen LogP contribution is -2.51. The number of likely N-dealkylation sites (N-methyl/N-ethyl adjacent to an activating group) is 1. The Labute approximate surface area is 146 Å². The van der Waals surface area contributed by atoms with Crippen LogP contribution in [0, 0.1) is 12.3 Å². The molecule has 0 N–H and O–H groups in total. The molecule has 0 bridgehead atoms. The third kappa shape index (κ3) is 4.61. The third-order valence-electron chi connectivity index (χ3n) is 4.35. The van der Waals surface area contributed by atoms with E-state index in [1.807, 2.05) is 25.7 Å². The van der Waals surface area contributed by atoms with Crippen LogP contribution < -0.4 is 4.90 Å². The molecule has 0 saturated carbocycles. The summed E-state index contributed by atoms with van der Waals surface area (Å²) in [5.74, 6) is 0.376. The molecule has 0 spiro atoms. The number of hydrogen-bond donors (Lipinski definition) is 0. The molecule has 1 aromatic heterocycles. The number of alkyl halides is 3. The fourth-order valence-corrected chi connectivity index (χ4v) is 3.03. The number of aromatic nitrogens is 2. The molecule has 1 aliphatic heterocycles. The zero-order valence-corrected chi connectivity index (χ0v) is 15.3. The molecule has 140 valence electrons. The molecule has 1 unspecified atom stereocenters. The summed E-state index contributed by atoms with van der Waals surface area (Å²) >= 11 is 0. The first-order valence-corrected chi connectivity index (χ1v) is 8.34. The van der Waals surface area contributed by atoms with Gasteiger partial charge < -0.3 is 9.80 Å². The molecule has 25 heavy (non-hydrogen) atoms. The third-order valence-corrected chi connectivity index (χ3v) is 4.35. The molecular weight excluding hydrogens is 333 g/mol. The molecule has 5 nitrogen and oxygen atoms in total. The predicted molar refractivity (Wildman–Crippen MR) is 89.2 cm³/mol. The van der Waals surface area contributed by atoms with Crippen LogP contribution >= 0.6 is 0 Å². The summed E-state index contributed by atoms with van der Waals surface area (Å²) in [5.41, 5.74) is -1.43. The Balaban J connectivity index is 2.22. The normalized spacial score (nSPS) is 19.0. The van der Waals surface area contributed by atoms with Crippen molar-refractivity contribution in [3.63, 3.8) is 0 Å². The van der Waals surface area contributed by atoms with E-state index in [9.17, 15) is 18.0 Å². The van der Waals surface area contributed by atoms with Gasteiger partial charge in [-0.1, -0.05) is 20.8 Å². The van der Waals surface area contributed by atoms with Gasteiger partial charge in [0.25, 0.3) is 0 Å². The number of hydrogen-bond acceptors (Lipinski definition) is 4.